The summed E-state index contributed by atoms with van der Waals surface area (Å²) in [7, 11) is 0. The highest BCUT2D eigenvalue weighted by molar-refractivity contribution is 7.80. The minimum atomic E-state index is -0.0549. The third kappa shape index (κ3) is 3.66. The van der Waals surface area contributed by atoms with Gasteiger partial charge in [0, 0.05) is 5.92 Å². The van der Waals surface area contributed by atoms with Gasteiger partial charge in [-0.3, -0.25) is 4.79 Å². The molecule has 1 amide bonds. The van der Waals surface area contributed by atoms with Crippen molar-refractivity contribution in [2.75, 3.05) is 0 Å². The molecule has 0 bridgehead atoms. The van der Waals surface area contributed by atoms with Gasteiger partial charge in [0.25, 0.3) is 0 Å². The van der Waals surface area contributed by atoms with Gasteiger partial charge in [-0.1, -0.05) is 37.9 Å². The Bertz CT molecular complexity index is 294. The lowest BCUT2D eigenvalue weighted by Gasteiger charge is -2.21. The average molecular weight is 254 g/mol. The zero-order chi connectivity index (χ0) is 12.3. The molecule has 0 radical (unpaired) electrons. The van der Waals surface area contributed by atoms with Crippen LogP contribution in [0.3, 0.4) is 0 Å². The van der Waals surface area contributed by atoms with Crippen LogP contribution in [0.5, 0.6) is 0 Å². The van der Waals surface area contributed by atoms with Crippen molar-refractivity contribution >= 4 is 23.1 Å². The van der Waals surface area contributed by atoms with Crippen molar-refractivity contribution in [2.24, 2.45) is 17.6 Å². The number of rotatable bonds is 4. The molecule has 2 fully saturated rings. The molecule has 2 aliphatic carbocycles. The molecule has 0 aromatic heterocycles. The Morgan fingerprint density at radius 1 is 1.12 bits per heavy atom. The standard InChI is InChI=1S/C13H22N2OS/c14-12(17)11(9-7-8-9)15-13(16)10-5-3-1-2-4-6-10/h9-11H,1-8H2,(H2,14,17)(H,15,16). The van der Waals surface area contributed by atoms with E-state index in [1.54, 1.807) is 0 Å². The molecule has 0 heterocycles. The largest absolute Gasteiger partial charge is 0.392 e. The summed E-state index contributed by atoms with van der Waals surface area (Å²) in [6.07, 6.45) is 9.25. The summed E-state index contributed by atoms with van der Waals surface area (Å²) in [5.41, 5.74) is 5.70. The van der Waals surface area contributed by atoms with Crippen LogP contribution in [0.25, 0.3) is 0 Å². The number of amides is 1. The Hall–Kier alpha value is -0.640. The highest BCUT2D eigenvalue weighted by atomic mass is 32.1. The van der Waals surface area contributed by atoms with Gasteiger partial charge in [-0.15, -0.1) is 0 Å². The monoisotopic (exact) mass is 254 g/mol. The van der Waals surface area contributed by atoms with Crippen LogP contribution in [-0.4, -0.2) is 16.9 Å². The van der Waals surface area contributed by atoms with E-state index in [9.17, 15) is 4.79 Å². The van der Waals surface area contributed by atoms with Crippen molar-refractivity contribution in [1.29, 1.82) is 0 Å². The van der Waals surface area contributed by atoms with Crippen LogP contribution in [0.4, 0.5) is 0 Å². The van der Waals surface area contributed by atoms with Gasteiger partial charge in [-0.05, 0) is 31.6 Å². The van der Waals surface area contributed by atoms with Crippen LogP contribution in [0.1, 0.15) is 51.4 Å². The van der Waals surface area contributed by atoms with Gasteiger partial charge < -0.3 is 11.1 Å². The molecular weight excluding hydrogens is 232 g/mol. The van der Waals surface area contributed by atoms with Crippen LogP contribution in [-0.2, 0) is 4.79 Å². The molecule has 3 nitrogen and oxygen atoms in total. The van der Waals surface area contributed by atoms with Gasteiger partial charge in [0.15, 0.2) is 0 Å². The van der Waals surface area contributed by atoms with Crippen molar-refractivity contribution < 1.29 is 4.79 Å². The fourth-order valence-electron chi connectivity index (χ4n) is 2.66. The Labute approximate surface area is 109 Å². The first-order chi connectivity index (χ1) is 8.18. The number of nitrogens with one attached hydrogen (secondary N) is 1. The summed E-state index contributed by atoms with van der Waals surface area (Å²) < 4.78 is 0. The zero-order valence-corrected chi connectivity index (χ0v) is 11.1. The summed E-state index contributed by atoms with van der Waals surface area (Å²) in [4.78, 5) is 12.6. The summed E-state index contributed by atoms with van der Waals surface area (Å²) >= 11 is 5.04. The van der Waals surface area contributed by atoms with Gasteiger partial charge in [0.05, 0.1) is 11.0 Å². The minimum absolute atomic E-state index is 0.0549. The second-order valence-corrected chi connectivity index (χ2v) is 5.89. The normalized spacial score (nSPS) is 23.8. The van der Waals surface area contributed by atoms with E-state index in [1.165, 1.54) is 25.7 Å². The molecule has 3 N–H and O–H groups in total. The predicted octanol–water partition coefficient (Wildman–Crippen LogP) is 2.14. The summed E-state index contributed by atoms with van der Waals surface area (Å²) in [6.45, 7) is 0. The maximum atomic E-state index is 12.2. The van der Waals surface area contributed by atoms with Crippen molar-refractivity contribution in [2.45, 2.75) is 57.4 Å². The van der Waals surface area contributed by atoms with Gasteiger partial charge in [-0.2, -0.15) is 0 Å². The average Bonchev–Trinajstić information content (AvgIpc) is 3.11. The molecule has 1 atom stereocenters. The van der Waals surface area contributed by atoms with E-state index in [0.717, 1.165) is 25.7 Å². The van der Waals surface area contributed by atoms with Gasteiger partial charge in [-0.25, -0.2) is 0 Å². The van der Waals surface area contributed by atoms with Crippen LogP contribution in [0, 0.1) is 11.8 Å². The van der Waals surface area contributed by atoms with E-state index in [2.05, 4.69) is 5.32 Å². The molecule has 0 aliphatic heterocycles. The molecule has 2 rings (SSSR count). The SMILES string of the molecule is NC(=S)C(NC(=O)C1CCCCCC1)C1CC1. The smallest absolute Gasteiger partial charge is 0.223 e. The van der Waals surface area contributed by atoms with E-state index in [1.807, 2.05) is 0 Å². The van der Waals surface area contributed by atoms with Gasteiger partial charge in [0.2, 0.25) is 5.91 Å². The molecule has 0 aromatic carbocycles. The van der Waals surface area contributed by atoms with E-state index in [4.69, 9.17) is 18.0 Å². The molecule has 96 valence electrons. The quantitative estimate of drug-likeness (QED) is 0.597. The van der Waals surface area contributed by atoms with Crippen molar-refractivity contribution in [1.82, 2.24) is 5.32 Å². The Morgan fingerprint density at radius 3 is 2.18 bits per heavy atom. The van der Waals surface area contributed by atoms with Crippen LogP contribution in [0.2, 0.25) is 0 Å². The van der Waals surface area contributed by atoms with E-state index in [-0.39, 0.29) is 17.9 Å². The van der Waals surface area contributed by atoms with Crippen molar-refractivity contribution in [3.63, 3.8) is 0 Å². The van der Waals surface area contributed by atoms with E-state index in [0.29, 0.717) is 10.9 Å². The first-order valence-corrected chi connectivity index (χ1v) is 7.19. The molecule has 1 unspecified atom stereocenters. The van der Waals surface area contributed by atoms with Gasteiger partial charge >= 0.3 is 0 Å². The number of hydrogen-bond donors (Lipinski definition) is 2. The van der Waals surface area contributed by atoms with Crippen LogP contribution >= 0.6 is 12.2 Å². The first-order valence-electron chi connectivity index (χ1n) is 6.78. The fraction of sp³-hybridized carbons (Fsp3) is 0.846. The lowest BCUT2D eigenvalue weighted by Crippen LogP contribution is -2.47. The Kier molecular flexibility index (Phi) is 4.37. The maximum absolute atomic E-state index is 12.2. The molecule has 0 saturated heterocycles. The van der Waals surface area contributed by atoms with Crippen LogP contribution in [0.15, 0.2) is 0 Å². The molecule has 17 heavy (non-hydrogen) atoms. The van der Waals surface area contributed by atoms with E-state index >= 15 is 0 Å². The third-order valence-electron chi connectivity index (χ3n) is 3.92. The number of carbonyl (C=O) groups excluding carboxylic acids is 1. The van der Waals surface area contributed by atoms with Gasteiger partial charge in [0.1, 0.15) is 0 Å². The summed E-state index contributed by atoms with van der Waals surface area (Å²) in [6, 6.07) is -0.0549. The number of hydrogen-bond acceptors (Lipinski definition) is 2. The minimum Gasteiger partial charge on any atom is -0.392 e. The summed E-state index contributed by atoms with van der Waals surface area (Å²) in [5, 5.41) is 3.07. The third-order valence-corrected chi connectivity index (χ3v) is 4.18. The zero-order valence-electron chi connectivity index (χ0n) is 10.3. The lowest BCUT2D eigenvalue weighted by atomic mass is 9.98. The molecular formula is C13H22N2OS. The molecule has 4 heteroatoms. The molecule has 0 spiro atoms. The van der Waals surface area contributed by atoms with E-state index < -0.39 is 0 Å². The second-order valence-electron chi connectivity index (χ2n) is 5.41. The topological polar surface area (TPSA) is 55.1 Å². The molecule has 0 aromatic rings. The van der Waals surface area contributed by atoms with Crippen LogP contribution < -0.4 is 11.1 Å². The summed E-state index contributed by atoms with van der Waals surface area (Å²) in [5.74, 6) is 0.868. The lowest BCUT2D eigenvalue weighted by molar-refractivity contribution is -0.125. The molecule has 2 aliphatic rings. The first kappa shape index (κ1) is 12.8. The number of carbonyl (C=O) groups is 1. The molecule has 2 saturated carbocycles. The predicted molar refractivity (Wildman–Crippen MR) is 72.6 cm³/mol. The Balaban J connectivity index is 1.87. The number of nitrogens with two attached hydrogens (primary N) is 1. The maximum Gasteiger partial charge on any atom is 0.223 e. The fourth-order valence-corrected chi connectivity index (χ4v) is 2.91. The highest BCUT2D eigenvalue weighted by Crippen LogP contribution is 2.33. The number of thiocarbonyl (C=S) groups is 1. The second kappa shape index (κ2) is 5.80. The van der Waals surface area contributed by atoms with Crippen molar-refractivity contribution in [3.05, 3.63) is 0 Å². The Morgan fingerprint density at radius 2 is 1.71 bits per heavy atom. The highest BCUT2D eigenvalue weighted by Gasteiger charge is 2.35. The van der Waals surface area contributed by atoms with Crippen molar-refractivity contribution in [3.8, 4) is 0 Å².